The number of nitrogens with zero attached hydrogens (tertiary/aromatic N) is 7. The maximum absolute atomic E-state index is 9.62. The van der Waals surface area contributed by atoms with Gasteiger partial charge in [0.1, 0.15) is 18.1 Å². The molecule has 0 saturated carbocycles. The molecule has 0 N–H and O–H groups in total. The van der Waals surface area contributed by atoms with Crippen LogP contribution in [0.5, 0.6) is 17.5 Å². The van der Waals surface area contributed by atoms with Crippen LogP contribution in [0.3, 0.4) is 0 Å². The minimum atomic E-state index is 0.186. The van der Waals surface area contributed by atoms with E-state index in [0.717, 1.165) is 39.4 Å². The highest BCUT2D eigenvalue weighted by atomic mass is 79.9. The van der Waals surface area contributed by atoms with Crippen LogP contribution in [0, 0.1) is 18.3 Å². The lowest BCUT2D eigenvalue weighted by Gasteiger charge is -2.25. The molecule has 0 amide bonds. The molecule has 230 valence electrons. The summed E-state index contributed by atoms with van der Waals surface area (Å²) >= 11 is 3.75. The smallest absolute Gasteiger partial charge is 0.336 e. The summed E-state index contributed by atoms with van der Waals surface area (Å²) in [7, 11) is 3.30. The molecule has 0 spiro atoms. The number of rotatable bonds is 11. The van der Waals surface area contributed by atoms with Gasteiger partial charge in [0.05, 0.1) is 41.7 Å². The highest BCUT2D eigenvalue weighted by Gasteiger charge is 2.23. The lowest BCUT2D eigenvalue weighted by atomic mass is 10.1. The van der Waals surface area contributed by atoms with Crippen LogP contribution in [0.25, 0.3) is 16.9 Å². The van der Waals surface area contributed by atoms with Crippen molar-refractivity contribution in [2.75, 3.05) is 19.1 Å². The summed E-state index contributed by atoms with van der Waals surface area (Å²) in [5.74, 6) is 2.09. The molecule has 0 saturated heterocycles. The van der Waals surface area contributed by atoms with E-state index in [1.807, 2.05) is 85.8 Å². The van der Waals surface area contributed by atoms with Crippen molar-refractivity contribution >= 4 is 27.5 Å². The Labute approximate surface area is 275 Å². The third kappa shape index (κ3) is 6.62. The molecular weight excluding hydrogens is 646 g/mol. The first kappa shape index (κ1) is 30.6. The molecule has 0 aliphatic heterocycles. The second kappa shape index (κ2) is 13.7. The molecule has 0 unspecified atom stereocenters. The molecule has 0 aliphatic rings. The molecule has 11 heteroatoms. The number of fused-ring (bicyclic) bond motifs is 1. The van der Waals surface area contributed by atoms with E-state index < -0.39 is 0 Å². The summed E-state index contributed by atoms with van der Waals surface area (Å²) in [6.07, 6.45) is 1.74. The first-order valence-electron chi connectivity index (χ1n) is 14.5. The Kier molecular flexibility index (Phi) is 9.08. The molecular formula is C35H30BrN7O3. The zero-order chi connectivity index (χ0) is 32.0. The Balaban J connectivity index is 1.49. The normalized spacial score (nSPS) is 10.8. The predicted octanol–water partition coefficient (Wildman–Crippen LogP) is 6.93. The molecule has 10 nitrogen and oxygen atoms in total. The molecule has 3 heterocycles. The maximum atomic E-state index is 9.62. The van der Waals surface area contributed by atoms with Crippen LogP contribution in [0.2, 0.25) is 0 Å². The lowest BCUT2D eigenvalue weighted by Crippen LogP contribution is -2.26. The van der Waals surface area contributed by atoms with E-state index in [4.69, 9.17) is 29.3 Å². The fourth-order valence-electron chi connectivity index (χ4n) is 4.97. The number of methoxy groups -OCH3 is 2. The number of ether oxygens (including phenoxy) is 3. The van der Waals surface area contributed by atoms with Gasteiger partial charge < -0.3 is 19.1 Å². The van der Waals surface area contributed by atoms with Crippen molar-refractivity contribution in [3.63, 3.8) is 0 Å². The highest BCUT2D eigenvalue weighted by Crippen LogP contribution is 2.34. The van der Waals surface area contributed by atoms with Crippen LogP contribution in [-0.4, -0.2) is 38.8 Å². The van der Waals surface area contributed by atoms with E-state index in [1.165, 1.54) is 0 Å². The second-order valence-corrected chi connectivity index (χ2v) is 11.3. The van der Waals surface area contributed by atoms with Crippen LogP contribution in [0.4, 0.5) is 5.95 Å². The van der Waals surface area contributed by atoms with Crippen LogP contribution in [0.15, 0.2) is 95.6 Å². The summed E-state index contributed by atoms with van der Waals surface area (Å²) in [5.41, 5.74) is 6.33. The largest absolute Gasteiger partial charge is 0.497 e. The fourth-order valence-corrected chi connectivity index (χ4v) is 5.55. The first-order valence-corrected chi connectivity index (χ1v) is 15.3. The Bertz CT molecular complexity index is 1970. The molecule has 6 rings (SSSR count). The van der Waals surface area contributed by atoms with Gasteiger partial charge in [-0.1, -0.05) is 42.5 Å². The Hall–Kier alpha value is -5.47. The van der Waals surface area contributed by atoms with Gasteiger partial charge in [-0.15, -0.1) is 5.10 Å². The monoisotopic (exact) mass is 675 g/mol. The van der Waals surface area contributed by atoms with Gasteiger partial charge in [-0.3, -0.25) is 4.98 Å². The van der Waals surface area contributed by atoms with Gasteiger partial charge in [-0.25, -0.2) is 4.98 Å². The minimum Gasteiger partial charge on any atom is -0.497 e. The van der Waals surface area contributed by atoms with E-state index in [2.05, 4.69) is 31.9 Å². The highest BCUT2D eigenvalue weighted by molar-refractivity contribution is 9.10. The van der Waals surface area contributed by atoms with Crippen molar-refractivity contribution in [2.24, 2.45) is 0 Å². The Morgan fingerprint density at radius 1 is 0.870 bits per heavy atom. The lowest BCUT2D eigenvalue weighted by molar-refractivity contribution is 0.276. The Morgan fingerprint density at radius 3 is 2.15 bits per heavy atom. The standard InChI is InChI=1S/C35H30BrN7O3/c1-23-6-5-17-38-30(23)22-46-34-40-33-31(36)32(27-8-4-7-26(18-27)19-37)39-35(43(33)41-34)42(20-24-9-13-28(44-2)14-10-24)21-25-11-15-29(45-3)16-12-25/h4-18H,20-22H2,1-3H3. The van der Waals surface area contributed by atoms with Gasteiger partial charge in [-0.2, -0.15) is 14.8 Å². The molecule has 3 aromatic carbocycles. The van der Waals surface area contributed by atoms with E-state index in [0.29, 0.717) is 40.4 Å². The van der Waals surface area contributed by atoms with Crippen molar-refractivity contribution in [2.45, 2.75) is 26.6 Å². The molecule has 46 heavy (non-hydrogen) atoms. The average Bonchev–Trinajstić information content (AvgIpc) is 3.53. The van der Waals surface area contributed by atoms with Crippen molar-refractivity contribution in [1.29, 1.82) is 5.26 Å². The fraction of sp³-hybridized carbons (Fsp3) is 0.171. The van der Waals surface area contributed by atoms with Crippen molar-refractivity contribution in [1.82, 2.24) is 24.6 Å². The summed E-state index contributed by atoms with van der Waals surface area (Å²) in [5, 5.41) is 14.4. The zero-order valence-electron chi connectivity index (χ0n) is 25.5. The molecule has 0 atom stereocenters. The number of pyridine rings is 1. The van der Waals surface area contributed by atoms with Crippen LogP contribution in [-0.2, 0) is 19.7 Å². The van der Waals surface area contributed by atoms with E-state index >= 15 is 0 Å². The number of aryl methyl sites for hydroxylation is 1. The number of hydrogen-bond donors (Lipinski definition) is 0. The van der Waals surface area contributed by atoms with Gasteiger partial charge in [-0.05, 0) is 82.0 Å². The maximum Gasteiger partial charge on any atom is 0.336 e. The van der Waals surface area contributed by atoms with Gasteiger partial charge in [0.15, 0.2) is 5.65 Å². The van der Waals surface area contributed by atoms with Crippen LogP contribution in [0.1, 0.15) is 27.9 Å². The second-order valence-electron chi connectivity index (χ2n) is 10.5. The van der Waals surface area contributed by atoms with Crippen molar-refractivity contribution in [3.05, 3.63) is 124 Å². The predicted molar refractivity (Wildman–Crippen MR) is 178 cm³/mol. The minimum absolute atomic E-state index is 0.186. The number of nitriles is 1. The molecule has 0 bridgehead atoms. The van der Waals surface area contributed by atoms with E-state index in [-0.39, 0.29) is 12.6 Å². The van der Waals surface area contributed by atoms with Gasteiger partial charge in [0, 0.05) is 24.8 Å². The third-order valence-electron chi connectivity index (χ3n) is 7.46. The van der Waals surface area contributed by atoms with Crippen molar-refractivity contribution in [3.8, 4) is 34.8 Å². The van der Waals surface area contributed by atoms with Crippen molar-refractivity contribution < 1.29 is 14.2 Å². The summed E-state index contributed by atoms with van der Waals surface area (Å²) < 4.78 is 19.2. The number of benzene rings is 3. The van der Waals surface area contributed by atoms with E-state index in [9.17, 15) is 5.26 Å². The molecule has 0 radical (unpaired) electrons. The first-order chi connectivity index (χ1) is 22.4. The number of aromatic nitrogens is 5. The topological polar surface area (TPSA) is 111 Å². The molecule has 0 fully saturated rings. The zero-order valence-corrected chi connectivity index (χ0v) is 27.1. The number of halogens is 1. The quantitative estimate of drug-likeness (QED) is 0.144. The Morgan fingerprint density at radius 2 is 1.54 bits per heavy atom. The van der Waals surface area contributed by atoms with Gasteiger partial charge in [0.25, 0.3) is 0 Å². The average molecular weight is 677 g/mol. The summed E-state index contributed by atoms with van der Waals surface area (Å²) in [4.78, 5) is 16.5. The summed E-state index contributed by atoms with van der Waals surface area (Å²) in [6.45, 7) is 3.20. The molecule has 6 aromatic rings. The number of hydrogen-bond acceptors (Lipinski definition) is 9. The number of anilines is 1. The van der Waals surface area contributed by atoms with Crippen LogP contribution < -0.4 is 19.1 Å². The molecule has 0 aliphatic carbocycles. The van der Waals surface area contributed by atoms with E-state index in [1.54, 1.807) is 31.0 Å². The third-order valence-corrected chi connectivity index (χ3v) is 8.19. The van der Waals surface area contributed by atoms with Crippen LogP contribution >= 0.6 is 15.9 Å². The van der Waals surface area contributed by atoms with Gasteiger partial charge in [0.2, 0.25) is 5.95 Å². The SMILES string of the molecule is COc1ccc(CN(Cc2ccc(OC)cc2)c2nc(-c3cccc(C#N)c3)c(Br)c3nc(OCc4ncccc4C)nn23)cc1. The molecule has 3 aromatic heterocycles. The van der Waals surface area contributed by atoms with Gasteiger partial charge >= 0.3 is 6.01 Å². The summed E-state index contributed by atoms with van der Waals surface area (Å²) in [6, 6.07) is 29.5.